The molecule has 1 N–H and O–H groups in total. The van der Waals surface area contributed by atoms with E-state index >= 15 is 0 Å². The van der Waals surface area contributed by atoms with E-state index in [1.54, 1.807) is 14.0 Å². The Morgan fingerprint density at radius 2 is 1.95 bits per heavy atom. The molecule has 6 heteroatoms. The van der Waals surface area contributed by atoms with Crippen LogP contribution in [0.2, 0.25) is 0 Å². The number of carboxylic acid groups (broad SMARTS) is 1. The molecule has 2 fully saturated rings. The summed E-state index contributed by atoms with van der Waals surface area (Å²) in [4.78, 5) is 25.1. The molecule has 19 heavy (non-hydrogen) atoms. The molecule has 2 saturated carbocycles. The normalized spacial score (nSPS) is 28.0. The number of hydrogen-bond acceptors (Lipinski definition) is 4. The van der Waals surface area contributed by atoms with Gasteiger partial charge in [-0.05, 0) is 49.6 Å². The SMILES string of the molecule is Cc1nsc(N(C)C(=O)C2CC3CC3C2)c1C(=O)O. The third-order valence-corrected chi connectivity index (χ3v) is 5.30. The first-order chi connectivity index (χ1) is 8.99. The fraction of sp³-hybridized carbons (Fsp3) is 0.615. The van der Waals surface area contributed by atoms with E-state index in [-0.39, 0.29) is 17.4 Å². The van der Waals surface area contributed by atoms with Crippen molar-refractivity contribution < 1.29 is 14.7 Å². The molecular weight excluding hydrogens is 264 g/mol. The number of carboxylic acids is 1. The molecule has 2 aliphatic rings. The van der Waals surface area contributed by atoms with Gasteiger partial charge in [0.15, 0.2) is 0 Å². The highest BCUT2D eigenvalue weighted by atomic mass is 32.1. The molecule has 2 unspecified atom stereocenters. The topological polar surface area (TPSA) is 70.5 Å². The van der Waals surface area contributed by atoms with Gasteiger partial charge in [-0.2, -0.15) is 4.37 Å². The Morgan fingerprint density at radius 1 is 1.32 bits per heavy atom. The fourth-order valence-corrected chi connectivity index (χ4v) is 3.98. The van der Waals surface area contributed by atoms with Crippen molar-refractivity contribution in [3.8, 4) is 0 Å². The average molecular weight is 280 g/mol. The van der Waals surface area contributed by atoms with Crippen molar-refractivity contribution in [3.05, 3.63) is 11.3 Å². The maximum Gasteiger partial charge on any atom is 0.340 e. The predicted molar refractivity (Wildman–Crippen MR) is 71.5 cm³/mol. The van der Waals surface area contributed by atoms with Crippen LogP contribution in [0.4, 0.5) is 5.00 Å². The highest BCUT2D eigenvalue weighted by Crippen LogP contribution is 2.54. The van der Waals surface area contributed by atoms with Crippen molar-refractivity contribution in [2.24, 2.45) is 17.8 Å². The Labute approximate surface area is 115 Å². The van der Waals surface area contributed by atoms with Crippen molar-refractivity contribution in [1.29, 1.82) is 0 Å². The van der Waals surface area contributed by atoms with E-state index in [4.69, 9.17) is 0 Å². The average Bonchev–Trinajstić information content (AvgIpc) is 2.81. The van der Waals surface area contributed by atoms with Crippen molar-refractivity contribution >= 4 is 28.4 Å². The van der Waals surface area contributed by atoms with Gasteiger partial charge in [-0.15, -0.1) is 0 Å². The van der Waals surface area contributed by atoms with Crippen LogP contribution in [0, 0.1) is 24.7 Å². The minimum atomic E-state index is -1.02. The molecule has 0 spiro atoms. The number of aryl methyl sites for hydroxylation is 1. The molecule has 0 saturated heterocycles. The summed E-state index contributed by atoms with van der Waals surface area (Å²) >= 11 is 1.09. The van der Waals surface area contributed by atoms with Crippen LogP contribution in [-0.2, 0) is 4.79 Å². The predicted octanol–water partition coefficient (Wildman–Crippen LogP) is 2.16. The van der Waals surface area contributed by atoms with E-state index in [0.29, 0.717) is 10.7 Å². The fourth-order valence-electron chi connectivity index (χ4n) is 3.12. The third-order valence-electron chi connectivity index (χ3n) is 4.29. The molecule has 1 aromatic rings. The van der Waals surface area contributed by atoms with Gasteiger partial charge < -0.3 is 10.0 Å². The van der Waals surface area contributed by atoms with Gasteiger partial charge in [-0.25, -0.2) is 4.79 Å². The maximum atomic E-state index is 12.4. The molecule has 5 nitrogen and oxygen atoms in total. The Hall–Kier alpha value is -1.43. The summed E-state index contributed by atoms with van der Waals surface area (Å²) in [6.45, 7) is 1.66. The number of carbonyl (C=O) groups excluding carboxylic acids is 1. The Bertz CT molecular complexity index is 544. The van der Waals surface area contributed by atoms with Crippen molar-refractivity contribution in [2.45, 2.75) is 26.2 Å². The molecule has 0 radical (unpaired) electrons. The smallest absolute Gasteiger partial charge is 0.340 e. The third kappa shape index (κ3) is 2.04. The first-order valence-electron chi connectivity index (χ1n) is 6.46. The van der Waals surface area contributed by atoms with Crippen molar-refractivity contribution in [1.82, 2.24) is 4.37 Å². The Kier molecular flexibility index (Phi) is 2.85. The summed E-state index contributed by atoms with van der Waals surface area (Å²) in [5.74, 6) is 0.570. The van der Waals surface area contributed by atoms with Gasteiger partial charge in [0.05, 0.1) is 5.69 Å². The van der Waals surface area contributed by atoms with Gasteiger partial charge in [-0.3, -0.25) is 4.79 Å². The molecule has 102 valence electrons. The van der Waals surface area contributed by atoms with Crippen LogP contribution in [0.3, 0.4) is 0 Å². The van der Waals surface area contributed by atoms with Crippen LogP contribution < -0.4 is 4.90 Å². The standard InChI is InChI=1S/C13H16N2O3S/c1-6-10(13(17)18)12(19-14-6)15(2)11(16)9-4-7-3-8(7)5-9/h7-9H,3-5H2,1-2H3,(H,17,18). The van der Waals surface area contributed by atoms with E-state index < -0.39 is 5.97 Å². The summed E-state index contributed by atoms with van der Waals surface area (Å²) < 4.78 is 4.06. The molecule has 1 amide bonds. The first kappa shape index (κ1) is 12.6. The monoisotopic (exact) mass is 280 g/mol. The van der Waals surface area contributed by atoms with E-state index in [0.717, 1.165) is 36.2 Å². The van der Waals surface area contributed by atoms with Crippen LogP contribution in [0.25, 0.3) is 0 Å². The van der Waals surface area contributed by atoms with Crippen LogP contribution >= 0.6 is 11.5 Å². The maximum absolute atomic E-state index is 12.4. The lowest BCUT2D eigenvalue weighted by molar-refractivity contribution is -0.122. The van der Waals surface area contributed by atoms with Gasteiger partial charge in [0.25, 0.3) is 0 Å². The van der Waals surface area contributed by atoms with E-state index in [1.165, 1.54) is 11.3 Å². The van der Waals surface area contributed by atoms with Gasteiger partial charge >= 0.3 is 5.97 Å². The number of nitrogens with zero attached hydrogens (tertiary/aromatic N) is 2. The quantitative estimate of drug-likeness (QED) is 0.921. The van der Waals surface area contributed by atoms with E-state index in [2.05, 4.69) is 4.37 Å². The lowest BCUT2D eigenvalue weighted by atomic mass is 10.0. The van der Waals surface area contributed by atoms with E-state index in [1.807, 2.05) is 0 Å². The molecule has 2 aliphatic carbocycles. The number of hydrogen-bond donors (Lipinski definition) is 1. The lowest BCUT2D eigenvalue weighted by Crippen LogP contribution is -2.32. The molecule has 1 aromatic heterocycles. The van der Waals surface area contributed by atoms with Gasteiger partial charge in [0, 0.05) is 13.0 Å². The second-order valence-corrected chi connectivity index (χ2v) is 6.33. The number of aromatic carboxylic acids is 1. The zero-order chi connectivity index (χ0) is 13.7. The van der Waals surface area contributed by atoms with Gasteiger partial charge in [-0.1, -0.05) is 0 Å². The van der Waals surface area contributed by atoms with Gasteiger partial charge in [0.1, 0.15) is 10.6 Å². The summed E-state index contributed by atoms with van der Waals surface area (Å²) in [6, 6.07) is 0. The number of anilines is 1. The Morgan fingerprint density at radius 3 is 2.53 bits per heavy atom. The highest BCUT2D eigenvalue weighted by Gasteiger charge is 2.48. The number of carbonyl (C=O) groups is 2. The zero-order valence-corrected chi connectivity index (χ0v) is 11.7. The number of aromatic nitrogens is 1. The van der Waals surface area contributed by atoms with Crippen molar-refractivity contribution in [3.63, 3.8) is 0 Å². The molecule has 0 aromatic carbocycles. The molecule has 0 aliphatic heterocycles. The summed E-state index contributed by atoms with van der Waals surface area (Å²) in [5, 5.41) is 9.66. The van der Waals surface area contributed by atoms with Gasteiger partial charge in [0.2, 0.25) is 5.91 Å². The number of fused-ring (bicyclic) bond motifs is 1. The molecular formula is C13H16N2O3S. The Balaban J connectivity index is 1.81. The van der Waals surface area contributed by atoms with Crippen molar-refractivity contribution in [2.75, 3.05) is 11.9 Å². The van der Waals surface area contributed by atoms with E-state index in [9.17, 15) is 14.7 Å². The molecule has 3 rings (SSSR count). The minimum absolute atomic E-state index is 0.0401. The van der Waals surface area contributed by atoms with Crippen LogP contribution in [0.15, 0.2) is 0 Å². The highest BCUT2D eigenvalue weighted by molar-refractivity contribution is 7.11. The zero-order valence-electron chi connectivity index (χ0n) is 10.9. The van der Waals surface area contributed by atoms with Crippen LogP contribution in [-0.4, -0.2) is 28.4 Å². The molecule has 2 atom stereocenters. The molecule has 1 heterocycles. The second kappa shape index (κ2) is 4.30. The minimum Gasteiger partial charge on any atom is -0.478 e. The van der Waals surface area contributed by atoms with Crippen LogP contribution in [0.5, 0.6) is 0 Å². The first-order valence-corrected chi connectivity index (χ1v) is 7.23. The summed E-state index contributed by atoms with van der Waals surface area (Å²) in [6.07, 6.45) is 3.20. The number of rotatable bonds is 3. The summed E-state index contributed by atoms with van der Waals surface area (Å²) in [5.41, 5.74) is 0.630. The second-order valence-electron chi connectivity index (χ2n) is 5.57. The number of amides is 1. The van der Waals surface area contributed by atoms with Crippen LogP contribution in [0.1, 0.15) is 35.3 Å². The largest absolute Gasteiger partial charge is 0.478 e. The summed E-state index contributed by atoms with van der Waals surface area (Å²) in [7, 11) is 1.66. The molecule has 0 bridgehead atoms. The lowest BCUT2D eigenvalue weighted by Gasteiger charge is -2.20.